The first kappa shape index (κ1) is 17.7. The summed E-state index contributed by atoms with van der Waals surface area (Å²) in [4.78, 5) is 28.0. The number of nitrogens with two attached hydrogens (primary N) is 1. The van der Waals surface area contributed by atoms with Crippen molar-refractivity contribution in [3.05, 3.63) is 77.6 Å². The van der Waals surface area contributed by atoms with Crippen LogP contribution in [-0.4, -0.2) is 23.3 Å². The maximum Gasteiger partial charge on any atom is 0.248 e. The number of hydrogen-bond donors (Lipinski definition) is 1. The second-order valence-electron chi connectivity index (χ2n) is 6.46. The summed E-state index contributed by atoms with van der Waals surface area (Å²) in [6, 6.07) is 14.2. The molecule has 0 spiro atoms. The number of hydrogen-bond acceptors (Lipinski definition) is 5. The first-order valence-electron chi connectivity index (χ1n) is 8.88. The van der Waals surface area contributed by atoms with E-state index >= 15 is 0 Å². The molecule has 1 aliphatic heterocycles. The van der Waals surface area contributed by atoms with E-state index < -0.39 is 5.91 Å². The number of carbonyl (C=O) groups is 2. The quantitative estimate of drug-likeness (QED) is 0.739. The summed E-state index contributed by atoms with van der Waals surface area (Å²) < 4.78 is 11.7. The molecule has 0 fully saturated rings. The molecule has 4 rings (SSSR count). The fraction of sp³-hybridized carbons (Fsp3) is 0.136. The lowest BCUT2D eigenvalue weighted by molar-refractivity contribution is 0.0932. The topological polar surface area (TPSA) is 91.5 Å². The highest BCUT2D eigenvalue weighted by atomic mass is 16.5. The maximum atomic E-state index is 12.3. The fourth-order valence-corrected chi connectivity index (χ4v) is 3.12. The van der Waals surface area contributed by atoms with E-state index in [9.17, 15) is 9.59 Å². The average molecular weight is 374 g/mol. The fourth-order valence-electron chi connectivity index (χ4n) is 3.12. The Labute approximate surface area is 161 Å². The second kappa shape index (κ2) is 7.52. The van der Waals surface area contributed by atoms with E-state index in [0.717, 1.165) is 11.1 Å². The van der Waals surface area contributed by atoms with Crippen molar-refractivity contribution in [2.24, 2.45) is 5.73 Å². The summed E-state index contributed by atoms with van der Waals surface area (Å²) in [6.45, 7) is 0.660. The molecule has 0 atom stereocenters. The van der Waals surface area contributed by atoms with E-state index in [1.807, 2.05) is 18.2 Å². The summed E-state index contributed by atoms with van der Waals surface area (Å²) in [6.07, 6.45) is 3.76. The summed E-state index contributed by atoms with van der Waals surface area (Å²) in [5, 5.41) is 0. The van der Waals surface area contributed by atoms with Gasteiger partial charge in [-0.2, -0.15) is 0 Å². The Morgan fingerprint density at radius 3 is 2.82 bits per heavy atom. The lowest BCUT2D eigenvalue weighted by Gasteiger charge is -2.20. The number of nitrogens with zero attached hydrogens (tertiary/aromatic N) is 1. The molecule has 0 unspecified atom stereocenters. The lowest BCUT2D eigenvalue weighted by atomic mass is 9.96. The monoisotopic (exact) mass is 374 g/mol. The third-order valence-corrected chi connectivity index (χ3v) is 4.54. The normalized spacial score (nSPS) is 12.8. The number of primary amides is 1. The molecule has 6 nitrogen and oxygen atoms in total. The third-order valence-electron chi connectivity index (χ3n) is 4.54. The maximum absolute atomic E-state index is 12.3. The van der Waals surface area contributed by atoms with Gasteiger partial charge in [0.2, 0.25) is 5.91 Å². The molecule has 2 heterocycles. The Bertz CT molecular complexity index is 1050. The molecule has 1 aromatic heterocycles. The van der Waals surface area contributed by atoms with E-state index in [4.69, 9.17) is 15.2 Å². The van der Waals surface area contributed by atoms with Gasteiger partial charge in [-0.25, -0.2) is 0 Å². The zero-order valence-corrected chi connectivity index (χ0v) is 15.1. The van der Waals surface area contributed by atoms with Crippen molar-refractivity contribution >= 4 is 11.7 Å². The Morgan fingerprint density at radius 2 is 2.04 bits per heavy atom. The first-order valence-corrected chi connectivity index (χ1v) is 8.88. The van der Waals surface area contributed by atoms with Gasteiger partial charge < -0.3 is 15.2 Å². The van der Waals surface area contributed by atoms with Crippen molar-refractivity contribution in [2.75, 3.05) is 6.61 Å². The highest BCUT2D eigenvalue weighted by Crippen LogP contribution is 2.39. The number of benzene rings is 2. The number of pyridine rings is 1. The Morgan fingerprint density at radius 1 is 1.14 bits per heavy atom. The van der Waals surface area contributed by atoms with Crippen LogP contribution in [0.4, 0.5) is 0 Å². The predicted octanol–water partition coefficient (Wildman–Crippen LogP) is 3.39. The number of ether oxygens (including phenoxy) is 2. The van der Waals surface area contributed by atoms with Gasteiger partial charge in [0.15, 0.2) is 5.78 Å². The molecule has 0 radical (unpaired) electrons. The van der Waals surface area contributed by atoms with E-state index in [0.29, 0.717) is 47.8 Å². The van der Waals surface area contributed by atoms with E-state index in [1.165, 1.54) is 0 Å². The van der Waals surface area contributed by atoms with Gasteiger partial charge in [-0.15, -0.1) is 0 Å². The zero-order chi connectivity index (χ0) is 19.5. The van der Waals surface area contributed by atoms with Crippen LogP contribution in [0.15, 0.2) is 60.9 Å². The third kappa shape index (κ3) is 3.57. The van der Waals surface area contributed by atoms with Crippen LogP contribution in [0.25, 0.3) is 11.1 Å². The van der Waals surface area contributed by atoms with Crippen molar-refractivity contribution < 1.29 is 19.1 Å². The minimum absolute atomic E-state index is 0.0207. The highest BCUT2D eigenvalue weighted by molar-refractivity contribution is 6.01. The SMILES string of the molecule is NC(=O)c1cccc(-c2cc3c(cc2OCc2cccnc2)OCCC3=O)c1. The number of ketones is 1. The second-order valence-corrected chi connectivity index (χ2v) is 6.46. The molecule has 3 aromatic rings. The number of Topliss-reactive ketones (excluding diaryl/α,β-unsaturated/α-hetero) is 1. The van der Waals surface area contributed by atoms with Crippen LogP contribution in [-0.2, 0) is 6.61 Å². The van der Waals surface area contributed by atoms with E-state index in [1.54, 1.807) is 42.7 Å². The van der Waals surface area contributed by atoms with Crippen LogP contribution in [0.5, 0.6) is 11.5 Å². The van der Waals surface area contributed by atoms with Crippen LogP contribution in [0, 0.1) is 0 Å². The molecular formula is C22H18N2O4. The molecule has 0 saturated carbocycles. The van der Waals surface area contributed by atoms with Gasteiger partial charge in [-0.3, -0.25) is 14.6 Å². The summed E-state index contributed by atoms with van der Waals surface area (Å²) in [5.41, 5.74) is 8.66. The van der Waals surface area contributed by atoms with Crippen LogP contribution in [0.2, 0.25) is 0 Å². The first-order chi connectivity index (χ1) is 13.6. The standard InChI is InChI=1S/C22H18N2O4/c23-22(26)16-5-1-4-15(9-16)17-10-18-19(25)6-8-27-21(18)11-20(17)28-13-14-3-2-7-24-12-14/h1-5,7,9-12H,6,8,13H2,(H2,23,26). The van der Waals surface area contributed by atoms with E-state index in [-0.39, 0.29) is 5.78 Å². The van der Waals surface area contributed by atoms with Gasteiger partial charge in [0.25, 0.3) is 0 Å². The van der Waals surface area contributed by atoms with Crippen molar-refractivity contribution in [2.45, 2.75) is 13.0 Å². The largest absolute Gasteiger partial charge is 0.492 e. The van der Waals surface area contributed by atoms with Gasteiger partial charge in [-0.1, -0.05) is 18.2 Å². The van der Waals surface area contributed by atoms with Gasteiger partial charge >= 0.3 is 0 Å². The van der Waals surface area contributed by atoms with Crippen molar-refractivity contribution in [3.8, 4) is 22.6 Å². The predicted molar refractivity (Wildman–Crippen MR) is 103 cm³/mol. The molecule has 28 heavy (non-hydrogen) atoms. The van der Waals surface area contributed by atoms with Crippen LogP contribution in [0.1, 0.15) is 32.7 Å². The molecule has 140 valence electrons. The van der Waals surface area contributed by atoms with Gasteiger partial charge in [0.05, 0.1) is 12.2 Å². The van der Waals surface area contributed by atoms with Gasteiger partial charge in [0, 0.05) is 41.6 Å². The molecule has 0 bridgehead atoms. The van der Waals surface area contributed by atoms with Crippen LogP contribution in [0.3, 0.4) is 0 Å². The zero-order valence-electron chi connectivity index (χ0n) is 15.1. The molecule has 2 N–H and O–H groups in total. The molecule has 2 aromatic carbocycles. The summed E-state index contributed by atoms with van der Waals surface area (Å²) in [5.74, 6) is 0.565. The molecule has 1 amide bonds. The van der Waals surface area contributed by atoms with Gasteiger partial charge in [-0.05, 0) is 29.8 Å². The van der Waals surface area contributed by atoms with Gasteiger partial charge in [0.1, 0.15) is 18.1 Å². The summed E-state index contributed by atoms with van der Waals surface area (Å²) in [7, 11) is 0. The molecule has 1 aliphatic rings. The number of amides is 1. The Hall–Kier alpha value is -3.67. The van der Waals surface area contributed by atoms with Crippen LogP contribution >= 0.6 is 0 Å². The lowest BCUT2D eigenvalue weighted by Crippen LogP contribution is -2.15. The molecular weight excluding hydrogens is 356 g/mol. The molecule has 6 heteroatoms. The molecule has 0 saturated heterocycles. The van der Waals surface area contributed by atoms with Crippen molar-refractivity contribution in [1.82, 2.24) is 4.98 Å². The smallest absolute Gasteiger partial charge is 0.248 e. The Kier molecular flexibility index (Phi) is 4.76. The minimum atomic E-state index is -0.517. The molecule has 0 aliphatic carbocycles. The van der Waals surface area contributed by atoms with Crippen molar-refractivity contribution in [3.63, 3.8) is 0 Å². The highest BCUT2D eigenvalue weighted by Gasteiger charge is 2.22. The minimum Gasteiger partial charge on any atom is -0.492 e. The Balaban J connectivity index is 1.78. The van der Waals surface area contributed by atoms with Crippen LogP contribution < -0.4 is 15.2 Å². The number of carbonyl (C=O) groups excluding carboxylic acids is 2. The van der Waals surface area contributed by atoms with E-state index in [2.05, 4.69) is 4.98 Å². The number of rotatable bonds is 5. The summed E-state index contributed by atoms with van der Waals surface area (Å²) >= 11 is 0. The number of aromatic nitrogens is 1. The van der Waals surface area contributed by atoms with Crippen molar-refractivity contribution in [1.29, 1.82) is 0 Å². The average Bonchev–Trinajstić information content (AvgIpc) is 2.73. The number of fused-ring (bicyclic) bond motifs is 1.